The minimum absolute atomic E-state index is 0. The molecular formula is C63H104N4O4Zn+2. The van der Waals surface area contributed by atoms with Crippen molar-refractivity contribution in [3.8, 4) is 0 Å². The fraction of sp³-hybridized carbons (Fsp3) is 0.714. The molecule has 2 aromatic heterocycles. The van der Waals surface area contributed by atoms with E-state index in [-0.39, 0.29) is 43.3 Å². The summed E-state index contributed by atoms with van der Waals surface area (Å²) < 4.78 is 11.9. The molecule has 0 aliphatic rings. The standard InChI is InChI=1S/C63H104N4O4.Zn/c1-5-9-13-17-19-27-39-57(37-25-15-11-7-3)62(68)70-51-35-23-21-33-49-67(50-34-22-24-36-52-71-63(69)58(38-26-16-12-8-4)40-28-20-18-14-10-6-2)61-45-43-56(44-46-61)53-66(54-59-41-29-31-47-64-59)55-60-42-30-32-48-65-60;/h29-32,41-48,57-58H,5-28,33-40,49-55H2,1-4H3;/q;+2. The molecule has 8 nitrogen and oxygen atoms in total. The fourth-order valence-corrected chi connectivity index (χ4v) is 9.88. The van der Waals surface area contributed by atoms with Gasteiger partial charge >= 0.3 is 31.4 Å². The Balaban J connectivity index is 0.0000178. The van der Waals surface area contributed by atoms with Crippen LogP contribution in [0.25, 0.3) is 0 Å². The first kappa shape index (κ1) is 65.0. The minimum atomic E-state index is 0. The van der Waals surface area contributed by atoms with Crippen LogP contribution in [0.5, 0.6) is 0 Å². The third-order valence-electron chi connectivity index (χ3n) is 14.4. The second-order valence-corrected chi connectivity index (χ2v) is 20.8. The predicted octanol–water partition coefficient (Wildman–Crippen LogP) is 17.4. The molecule has 0 saturated heterocycles. The average Bonchev–Trinajstić information content (AvgIpc) is 3.39. The zero-order valence-electron chi connectivity index (χ0n) is 46.8. The van der Waals surface area contributed by atoms with Crippen LogP contribution in [-0.2, 0) is 58.2 Å². The van der Waals surface area contributed by atoms with Gasteiger partial charge in [-0.3, -0.25) is 24.5 Å². The molecule has 0 spiro atoms. The molecule has 0 radical (unpaired) electrons. The van der Waals surface area contributed by atoms with E-state index >= 15 is 0 Å². The fourth-order valence-electron chi connectivity index (χ4n) is 9.88. The molecule has 1 aromatic carbocycles. The molecule has 2 atom stereocenters. The zero-order chi connectivity index (χ0) is 50.7. The third-order valence-corrected chi connectivity index (χ3v) is 14.4. The first-order valence-corrected chi connectivity index (χ1v) is 29.7. The van der Waals surface area contributed by atoms with Gasteiger partial charge in [-0.25, -0.2) is 0 Å². The Hall–Kier alpha value is -3.16. The van der Waals surface area contributed by atoms with Crippen molar-refractivity contribution in [3.05, 3.63) is 90.0 Å². The molecule has 0 N–H and O–H groups in total. The second kappa shape index (κ2) is 45.3. The van der Waals surface area contributed by atoms with Crippen LogP contribution in [0, 0.1) is 11.8 Å². The van der Waals surface area contributed by atoms with E-state index in [0.29, 0.717) is 13.2 Å². The largest absolute Gasteiger partial charge is 2.00 e. The Morgan fingerprint density at radius 1 is 0.431 bits per heavy atom. The number of pyridine rings is 2. The van der Waals surface area contributed by atoms with Crippen LogP contribution in [0.2, 0.25) is 0 Å². The van der Waals surface area contributed by atoms with Crippen LogP contribution < -0.4 is 4.90 Å². The summed E-state index contributed by atoms with van der Waals surface area (Å²) in [5.74, 6) is 0.222. The van der Waals surface area contributed by atoms with Crippen LogP contribution in [-0.4, -0.2) is 53.1 Å². The Labute approximate surface area is 454 Å². The van der Waals surface area contributed by atoms with Gasteiger partial charge in [-0.05, 0) is 106 Å². The summed E-state index contributed by atoms with van der Waals surface area (Å²) in [6.07, 6.45) is 40.8. The molecule has 0 aliphatic heterocycles. The number of benzene rings is 1. The Morgan fingerprint density at radius 2 is 0.792 bits per heavy atom. The van der Waals surface area contributed by atoms with Crippen molar-refractivity contribution in [1.82, 2.24) is 14.9 Å². The summed E-state index contributed by atoms with van der Waals surface area (Å²) in [6, 6.07) is 21.5. The number of esters is 2. The van der Waals surface area contributed by atoms with Gasteiger partial charge in [-0.15, -0.1) is 0 Å². The molecule has 9 heteroatoms. The van der Waals surface area contributed by atoms with Crippen molar-refractivity contribution < 1.29 is 38.5 Å². The van der Waals surface area contributed by atoms with E-state index in [2.05, 4.69) is 96.0 Å². The molecule has 3 aromatic rings. The number of ether oxygens (including phenoxy) is 2. The summed E-state index contributed by atoms with van der Waals surface area (Å²) >= 11 is 0. The number of anilines is 1. The maximum Gasteiger partial charge on any atom is 2.00 e. The molecule has 2 heterocycles. The molecule has 72 heavy (non-hydrogen) atoms. The van der Waals surface area contributed by atoms with E-state index in [4.69, 9.17) is 9.47 Å². The first-order chi connectivity index (χ1) is 35.0. The van der Waals surface area contributed by atoms with Gasteiger partial charge in [0.1, 0.15) is 0 Å². The average molecular weight is 1050 g/mol. The Morgan fingerprint density at radius 3 is 1.18 bits per heavy atom. The van der Waals surface area contributed by atoms with Crippen LogP contribution in [0.15, 0.2) is 73.1 Å². The molecule has 400 valence electrons. The number of hydrogen-bond donors (Lipinski definition) is 0. The Kier molecular flexibility index (Phi) is 40.8. The van der Waals surface area contributed by atoms with Crippen LogP contribution in [0.4, 0.5) is 5.69 Å². The van der Waals surface area contributed by atoms with Gasteiger partial charge in [0.15, 0.2) is 0 Å². The number of hydrogen-bond acceptors (Lipinski definition) is 8. The molecular weight excluding hydrogens is 942 g/mol. The van der Waals surface area contributed by atoms with Crippen molar-refractivity contribution in [1.29, 1.82) is 0 Å². The summed E-state index contributed by atoms with van der Waals surface area (Å²) in [5.41, 5.74) is 4.65. The van der Waals surface area contributed by atoms with Crippen molar-refractivity contribution >= 4 is 17.6 Å². The first-order valence-electron chi connectivity index (χ1n) is 29.7. The maximum absolute atomic E-state index is 13.3. The van der Waals surface area contributed by atoms with Gasteiger partial charge in [0.2, 0.25) is 0 Å². The number of carbonyl (C=O) groups excluding carboxylic acids is 2. The summed E-state index contributed by atoms with van der Waals surface area (Å²) in [4.78, 5) is 40.8. The molecule has 0 bridgehead atoms. The van der Waals surface area contributed by atoms with Gasteiger partial charge < -0.3 is 14.4 Å². The summed E-state index contributed by atoms with van der Waals surface area (Å²) in [6.45, 7) is 14.4. The number of carbonyl (C=O) groups is 2. The molecule has 0 aliphatic carbocycles. The SMILES string of the molecule is CCCCCCCCC(CCCCCC)C(=O)OCCCCCCN(CCCCCCOC(=O)C(CCCCCC)CCCCCCCC)c1ccc(CN(Cc2ccccn2)Cc2ccccn2)cc1.[Zn+2]. The second-order valence-electron chi connectivity index (χ2n) is 20.8. The van der Waals surface area contributed by atoms with E-state index in [9.17, 15) is 9.59 Å². The van der Waals surface area contributed by atoms with E-state index < -0.39 is 0 Å². The molecule has 2 unspecified atom stereocenters. The molecule has 0 saturated carbocycles. The number of aromatic nitrogens is 2. The minimum Gasteiger partial charge on any atom is -0.465 e. The van der Waals surface area contributed by atoms with Gasteiger partial charge in [0, 0.05) is 50.8 Å². The smallest absolute Gasteiger partial charge is 0.465 e. The van der Waals surface area contributed by atoms with E-state index in [1.807, 2.05) is 24.5 Å². The number of nitrogens with zero attached hydrogens (tertiary/aromatic N) is 4. The molecule has 0 fully saturated rings. The predicted molar refractivity (Wildman–Crippen MR) is 299 cm³/mol. The van der Waals surface area contributed by atoms with Crippen LogP contribution in [0.1, 0.15) is 250 Å². The summed E-state index contributed by atoms with van der Waals surface area (Å²) in [7, 11) is 0. The van der Waals surface area contributed by atoms with Crippen molar-refractivity contribution in [2.45, 2.75) is 253 Å². The van der Waals surface area contributed by atoms with E-state index in [1.165, 1.54) is 114 Å². The monoisotopic (exact) mass is 1040 g/mol. The van der Waals surface area contributed by atoms with Crippen molar-refractivity contribution in [2.75, 3.05) is 31.2 Å². The quantitative estimate of drug-likeness (QED) is 0.0314. The zero-order valence-corrected chi connectivity index (χ0v) is 49.8. The van der Waals surface area contributed by atoms with Crippen LogP contribution >= 0.6 is 0 Å². The van der Waals surface area contributed by atoms with Crippen LogP contribution in [0.3, 0.4) is 0 Å². The van der Waals surface area contributed by atoms with Gasteiger partial charge in [-0.1, -0.05) is 193 Å². The maximum atomic E-state index is 13.3. The Bertz CT molecular complexity index is 1580. The van der Waals surface area contributed by atoms with E-state index in [1.54, 1.807) is 0 Å². The van der Waals surface area contributed by atoms with E-state index in [0.717, 1.165) is 147 Å². The van der Waals surface area contributed by atoms with Crippen molar-refractivity contribution in [3.63, 3.8) is 0 Å². The van der Waals surface area contributed by atoms with Gasteiger partial charge in [0.25, 0.3) is 0 Å². The number of unbranched alkanes of at least 4 members (excludes halogenated alkanes) is 22. The topological polar surface area (TPSA) is 84.9 Å². The molecule has 3 rings (SSSR count). The third kappa shape index (κ3) is 32.2. The van der Waals surface area contributed by atoms with Crippen molar-refractivity contribution in [2.24, 2.45) is 11.8 Å². The molecule has 0 amide bonds. The normalized spacial score (nSPS) is 12.1. The number of rotatable bonds is 47. The van der Waals surface area contributed by atoms with Gasteiger partial charge in [0.05, 0.1) is 36.4 Å². The van der Waals surface area contributed by atoms with Gasteiger partial charge in [-0.2, -0.15) is 0 Å². The summed E-state index contributed by atoms with van der Waals surface area (Å²) in [5, 5.41) is 0.